The molecule has 0 unspecified atom stereocenters. The molecule has 0 aliphatic heterocycles. The van der Waals surface area contributed by atoms with E-state index in [1.807, 2.05) is 6.07 Å². The SMILES string of the molecule is CC(=O)Oc1ccccc1-c1nc2ccccc2c(=O)[nH]1. The van der Waals surface area contributed by atoms with Crippen molar-refractivity contribution in [2.24, 2.45) is 0 Å². The Morgan fingerprint density at radius 2 is 1.81 bits per heavy atom. The van der Waals surface area contributed by atoms with Crippen LogP contribution in [0.2, 0.25) is 0 Å². The number of nitrogens with zero attached hydrogens (tertiary/aromatic N) is 1. The highest BCUT2D eigenvalue weighted by Crippen LogP contribution is 2.27. The number of rotatable bonds is 2. The first-order valence-electron chi connectivity index (χ1n) is 6.42. The first-order valence-corrected chi connectivity index (χ1v) is 6.42. The Bertz CT molecular complexity index is 884. The molecular weight excluding hydrogens is 268 g/mol. The van der Waals surface area contributed by atoms with Gasteiger partial charge in [-0.3, -0.25) is 9.59 Å². The molecule has 21 heavy (non-hydrogen) atoms. The standard InChI is InChI=1S/C16H12N2O3/c1-10(19)21-14-9-5-3-7-12(14)15-17-13-8-4-2-6-11(13)16(20)18-15/h2-9H,1H3,(H,17,18,20). The molecule has 0 amide bonds. The number of hydrogen-bond acceptors (Lipinski definition) is 4. The van der Waals surface area contributed by atoms with Gasteiger partial charge >= 0.3 is 5.97 Å². The molecule has 5 heteroatoms. The molecule has 1 heterocycles. The maximum Gasteiger partial charge on any atom is 0.308 e. The number of nitrogens with one attached hydrogen (secondary N) is 1. The highest BCUT2D eigenvalue weighted by Gasteiger charge is 2.11. The molecule has 104 valence electrons. The van der Waals surface area contributed by atoms with E-state index in [0.29, 0.717) is 28.0 Å². The molecule has 0 aliphatic rings. The quantitative estimate of drug-likeness (QED) is 0.578. The van der Waals surface area contributed by atoms with Crippen molar-refractivity contribution in [2.75, 3.05) is 0 Å². The summed E-state index contributed by atoms with van der Waals surface area (Å²) in [5.41, 5.74) is 0.928. The summed E-state index contributed by atoms with van der Waals surface area (Å²) in [6.07, 6.45) is 0. The predicted octanol–water partition coefficient (Wildman–Crippen LogP) is 2.52. The lowest BCUT2D eigenvalue weighted by Crippen LogP contribution is -2.10. The summed E-state index contributed by atoms with van der Waals surface area (Å²) < 4.78 is 5.15. The molecule has 0 aliphatic carbocycles. The molecule has 5 nitrogen and oxygen atoms in total. The van der Waals surface area contributed by atoms with Crippen molar-refractivity contribution in [3.05, 3.63) is 58.9 Å². The van der Waals surface area contributed by atoms with E-state index in [1.165, 1.54) is 6.92 Å². The zero-order valence-electron chi connectivity index (χ0n) is 11.3. The molecule has 0 saturated heterocycles. The van der Waals surface area contributed by atoms with Crippen molar-refractivity contribution in [1.82, 2.24) is 9.97 Å². The van der Waals surface area contributed by atoms with Gasteiger partial charge in [0.15, 0.2) is 0 Å². The number of H-pyrrole nitrogens is 1. The largest absolute Gasteiger partial charge is 0.426 e. The van der Waals surface area contributed by atoms with Gasteiger partial charge in [0.2, 0.25) is 0 Å². The molecule has 1 aromatic heterocycles. The summed E-state index contributed by atoms with van der Waals surface area (Å²) in [4.78, 5) is 30.4. The van der Waals surface area contributed by atoms with Gasteiger partial charge in [-0.25, -0.2) is 4.98 Å². The second-order valence-electron chi connectivity index (χ2n) is 4.52. The van der Waals surface area contributed by atoms with Crippen molar-refractivity contribution in [2.45, 2.75) is 6.92 Å². The number of carbonyl (C=O) groups is 1. The van der Waals surface area contributed by atoms with Gasteiger partial charge in [0, 0.05) is 6.92 Å². The summed E-state index contributed by atoms with van der Waals surface area (Å²) in [5.74, 6) is 0.310. The molecule has 0 fully saturated rings. The van der Waals surface area contributed by atoms with Gasteiger partial charge in [0.05, 0.1) is 16.5 Å². The molecule has 0 atom stereocenters. The summed E-state index contributed by atoms with van der Waals surface area (Å²) in [7, 11) is 0. The fourth-order valence-corrected chi connectivity index (χ4v) is 2.12. The van der Waals surface area contributed by atoms with Crippen LogP contribution in [0, 0.1) is 0 Å². The molecule has 1 N–H and O–H groups in total. The summed E-state index contributed by atoms with van der Waals surface area (Å²) in [6, 6.07) is 14.0. The van der Waals surface area contributed by atoms with Gasteiger partial charge in [-0.05, 0) is 24.3 Å². The number of benzene rings is 2. The maximum atomic E-state index is 12.1. The number of para-hydroxylation sites is 2. The Balaban J connectivity index is 2.21. The molecule has 2 aromatic carbocycles. The highest BCUT2D eigenvalue weighted by atomic mass is 16.5. The third-order valence-electron chi connectivity index (χ3n) is 3.01. The zero-order valence-corrected chi connectivity index (χ0v) is 11.3. The number of fused-ring (bicyclic) bond motifs is 1. The Kier molecular flexibility index (Phi) is 3.23. The Labute approximate surface area is 120 Å². The number of aromatic nitrogens is 2. The lowest BCUT2D eigenvalue weighted by Gasteiger charge is -2.08. The first-order chi connectivity index (χ1) is 10.1. The minimum Gasteiger partial charge on any atom is -0.426 e. The topological polar surface area (TPSA) is 72.0 Å². The van der Waals surface area contributed by atoms with E-state index in [9.17, 15) is 9.59 Å². The normalized spacial score (nSPS) is 10.5. The van der Waals surface area contributed by atoms with Gasteiger partial charge in [-0.2, -0.15) is 0 Å². The number of hydrogen-bond donors (Lipinski definition) is 1. The van der Waals surface area contributed by atoms with Crippen LogP contribution in [0.25, 0.3) is 22.3 Å². The second kappa shape index (κ2) is 5.20. The minimum atomic E-state index is -0.425. The summed E-state index contributed by atoms with van der Waals surface area (Å²) >= 11 is 0. The van der Waals surface area contributed by atoms with Crippen molar-refractivity contribution in [3.8, 4) is 17.1 Å². The van der Waals surface area contributed by atoms with E-state index in [1.54, 1.807) is 42.5 Å². The van der Waals surface area contributed by atoms with Crippen LogP contribution in [0.5, 0.6) is 5.75 Å². The monoisotopic (exact) mass is 280 g/mol. The third-order valence-corrected chi connectivity index (χ3v) is 3.01. The predicted molar refractivity (Wildman–Crippen MR) is 79.1 cm³/mol. The average molecular weight is 280 g/mol. The van der Waals surface area contributed by atoms with E-state index in [0.717, 1.165) is 0 Å². The smallest absolute Gasteiger partial charge is 0.308 e. The fourth-order valence-electron chi connectivity index (χ4n) is 2.12. The number of aromatic amines is 1. The highest BCUT2D eigenvalue weighted by molar-refractivity contribution is 5.81. The van der Waals surface area contributed by atoms with Gasteiger partial charge < -0.3 is 9.72 Å². The van der Waals surface area contributed by atoms with Gasteiger partial charge in [-0.15, -0.1) is 0 Å². The van der Waals surface area contributed by atoms with Crippen LogP contribution in [0.15, 0.2) is 53.3 Å². The Hall–Kier alpha value is -2.95. The average Bonchev–Trinajstić information content (AvgIpc) is 2.47. The van der Waals surface area contributed by atoms with Crippen molar-refractivity contribution < 1.29 is 9.53 Å². The van der Waals surface area contributed by atoms with Crippen LogP contribution >= 0.6 is 0 Å². The van der Waals surface area contributed by atoms with E-state index in [-0.39, 0.29) is 5.56 Å². The molecule has 0 spiro atoms. The van der Waals surface area contributed by atoms with Crippen LogP contribution in [0.1, 0.15) is 6.92 Å². The minimum absolute atomic E-state index is 0.228. The van der Waals surface area contributed by atoms with E-state index in [2.05, 4.69) is 9.97 Å². The number of carbonyl (C=O) groups excluding carboxylic acids is 1. The molecule has 3 rings (SSSR count). The van der Waals surface area contributed by atoms with Gasteiger partial charge in [0.25, 0.3) is 5.56 Å². The summed E-state index contributed by atoms with van der Waals surface area (Å²) in [6.45, 7) is 1.33. The zero-order chi connectivity index (χ0) is 14.8. The van der Waals surface area contributed by atoms with Gasteiger partial charge in [-0.1, -0.05) is 24.3 Å². The van der Waals surface area contributed by atoms with Crippen LogP contribution in [-0.2, 0) is 4.79 Å². The molecule has 0 saturated carbocycles. The van der Waals surface area contributed by atoms with Crippen LogP contribution < -0.4 is 10.3 Å². The summed E-state index contributed by atoms with van der Waals surface area (Å²) in [5, 5.41) is 0.520. The van der Waals surface area contributed by atoms with Crippen LogP contribution in [0.4, 0.5) is 0 Å². The third kappa shape index (κ3) is 2.53. The van der Waals surface area contributed by atoms with Crippen LogP contribution in [0.3, 0.4) is 0 Å². The lowest BCUT2D eigenvalue weighted by atomic mass is 10.1. The first kappa shape index (κ1) is 13.1. The Morgan fingerprint density at radius 3 is 2.62 bits per heavy atom. The lowest BCUT2D eigenvalue weighted by molar-refractivity contribution is -0.131. The van der Waals surface area contributed by atoms with Crippen LogP contribution in [-0.4, -0.2) is 15.9 Å². The van der Waals surface area contributed by atoms with E-state index < -0.39 is 5.97 Å². The molecular formula is C16H12N2O3. The van der Waals surface area contributed by atoms with Crippen molar-refractivity contribution >= 4 is 16.9 Å². The second-order valence-corrected chi connectivity index (χ2v) is 4.52. The van der Waals surface area contributed by atoms with Crippen molar-refractivity contribution in [3.63, 3.8) is 0 Å². The molecule has 0 radical (unpaired) electrons. The van der Waals surface area contributed by atoms with Crippen molar-refractivity contribution in [1.29, 1.82) is 0 Å². The number of ether oxygens (including phenoxy) is 1. The van der Waals surface area contributed by atoms with Gasteiger partial charge in [0.1, 0.15) is 11.6 Å². The van der Waals surface area contributed by atoms with E-state index >= 15 is 0 Å². The van der Waals surface area contributed by atoms with E-state index in [4.69, 9.17) is 4.74 Å². The Morgan fingerprint density at radius 1 is 1.10 bits per heavy atom. The fraction of sp³-hybridized carbons (Fsp3) is 0.0625. The molecule has 0 bridgehead atoms. The maximum absolute atomic E-state index is 12.1. The number of esters is 1. The molecule has 3 aromatic rings.